The van der Waals surface area contributed by atoms with Crippen molar-refractivity contribution in [2.75, 3.05) is 10.6 Å². The van der Waals surface area contributed by atoms with Gasteiger partial charge in [0.1, 0.15) is 5.75 Å². The summed E-state index contributed by atoms with van der Waals surface area (Å²) in [6.07, 6.45) is -0.0856. The molecule has 4 rings (SSSR count). The fourth-order valence-corrected chi connectivity index (χ4v) is 3.64. The average molecular weight is 436 g/mol. The van der Waals surface area contributed by atoms with Crippen molar-refractivity contribution in [3.63, 3.8) is 0 Å². The van der Waals surface area contributed by atoms with E-state index >= 15 is 0 Å². The minimum absolute atomic E-state index is 0.192. The summed E-state index contributed by atoms with van der Waals surface area (Å²) in [7, 11) is 0. The molecule has 0 aromatic heterocycles. The van der Waals surface area contributed by atoms with Crippen LogP contribution in [0, 0.1) is 6.92 Å². The maximum atomic E-state index is 12.5. The summed E-state index contributed by atoms with van der Waals surface area (Å²) in [5, 5.41) is 9.13. The predicted molar refractivity (Wildman–Crippen MR) is 122 cm³/mol. The third kappa shape index (κ3) is 5.35. The van der Waals surface area contributed by atoms with Gasteiger partial charge >= 0.3 is 6.03 Å². The van der Waals surface area contributed by atoms with Gasteiger partial charge in [-0.05, 0) is 66.1 Å². The van der Waals surface area contributed by atoms with Gasteiger partial charge in [-0.1, -0.05) is 35.9 Å². The molecule has 1 aliphatic rings. The summed E-state index contributed by atoms with van der Waals surface area (Å²) in [5.41, 5.74) is 4.21. The van der Waals surface area contributed by atoms with Gasteiger partial charge in [0.05, 0.1) is 0 Å². The molecule has 7 heteroatoms. The second-order valence-electron chi connectivity index (χ2n) is 7.43. The van der Waals surface area contributed by atoms with E-state index in [0.717, 1.165) is 22.4 Å². The van der Waals surface area contributed by atoms with Gasteiger partial charge in [0.15, 0.2) is 6.10 Å². The minimum atomic E-state index is -0.574. The highest BCUT2D eigenvalue weighted by Crippen LogP contribution is 2.31. The van der Waals surface area contributed by atoms with Crippen molar-refractivity contribution < 1.29 is 14.3 Å². The van der Waals surface area contributed by atoms with Crippen molar-refractivity contribution in [3.8, 4) is 5.75 Å². The highest BCUT2D eigenvalue weighted by Gasteiger charge is 2.29. The number of halogens is 1. The summed E-state index contributed by atoms with van der Waals surface area (Å²) in [4.78, 5) is 24.8. The number of aryl methyl sites for hydroxylation is 1. The van der Waals surface area contributed by atoms with Crippen LogP contribution in [-0.2, 0) is 17.8 Å². The van der Waals surface area contributed by atoms with Gasteiger partial charge in [-0.3, -0.25) is 4.79 Å². The topological polar surface area (TPSA) is 79.5 Å². The van der Waals surface area contributed by atoms with Crippen molar-refractivity contribution in [1.29, 1.82) is 0 Å². The molecule has 0 spiro atoms. The average Bonchev–Trinajstić information content (AvgIpc) is 3.15. The van der Waals surface area contributed by atoms with Crippen LogP contribution in [0.4, 0.5) is 16.2 Å². The van der Waals surface area contributed by atoms with Crippen LogP contribution in [0.15, 0.2) is 66.7 Å². The minimum Gasteiger partial charge on any atom is -0.480 e. The third-order valence-electron chi connectivity index (χ3n) is 4.92. The maximum Gasteiger partial charge on any atom is 0.323 e. The summed E-state index contributed by atoms with van der Waals surface area (Å²) >= 11 is 6.00. The van der Waals surface area contributed by atoms with E-state index in [0.29, 0.717) is 29.4 Å². The Labute approximate surface area is 185 Å². The molecule has 158 valence electrons. The van der Waals surface area contributed by atoms with Gasteiger partial charge < -0.3 is 20.7 Å². The van der Waals surface area contributed by atoms with Crippen LogP contribution >= 0.6 is 11.6 Å². The van der Waals surface area contributed by atoms with Crippen LogP contribution in [-0.4, -0.2) is 18.0 Å². The molecule has 0 fully saturated rings. The highest BCUT2D eigenvalue weighted by molar-refractivity contribution is 6.30. The van der Waals surface area contributed by atoms with Crippen molar-refractivity contribution in [3.05, 3.63) is 88.4 Å². The van der Waals surface area contributed by atoms with Gasteiger partial charge in [-0.2, -0.15) is 0 Å². The monoisotopic (exact) mass is 435 g/mol. The molecule has 0 saturated heterocycles. The molecule has 1 unspecified atom stereocenters. The zero-order valence-corrected chi connectivity index (χ0v) is 17.7. The maximum absolute atomic E-state index is 12.5. The Morgan fingerprint density at radius 3 is 2.52 bits per heavy atom. The number of hydrogen-bond acceptors (Lipinski definition) is 3. The fourth-order valence-electron chi connectivity index (χ4n) is 3.44. The number of carbonyl (C=O) groups is 2. The van der Waals surface area contributed by atoms with E-state index in [1.54, 1.807) is 18.2 Å². The number of ether oxygens (including phenoxy) is 1. The lowest BCUT2D eigenvalue weighted by Crippen LogP contribution is -2.37. The lowest BCUT2D eigenvalue weighted by molar-refractivity contribution is -0.127. The molecule has 3 aromatic rings. The van der Waals surface area contributed by atoms with E-state index in [1.807, 2.05) is 55.5 Å². The lowest BCUT2D eigenvalue weighted by atomic mass is 10.1. The Kier molecular flexibility index (Phi) is 6.09. The van der Waals surface area contributed by atoms with E-state index in [9.17, 15) is 9.59 Å². The first-order valence-corrected chi connectivity index (χ1v) is 10.3. The molecule has 6 nitrogen and oxygen atoms in total. The van der Waals surface area contributed by atoms with E-state index < -0.39 is 6.10 Å². The van der Waals surface area contributed by atoms with Gasteiger partial charge in [0.25, 0.3) is 5.91 Å². The largest absolute Gasteiger partial charge is 0.480 e. The molecule has 0 saturated carbocycles. The Bertz CT molecular complexity index is 1130. The van der Waals surface area contributed by atoms with Crippen molar-refractivity contribution in [2.45, 2.75) is 26.0 Å². The smallest absolute Gasteiger partial charge is 0.323 e. The molecule has 1 heterocycles. The van der Waals surface area contributed by atoms with Crippen LogP contribution in [0.1, 0.15) is 16.7 Å². The number of anilines is 2. The Balaban J connectivity index is 1.30. The molecule has 0 aliphatic carbocycles. The van der Waals surface area contributed by atoms with Gasteiger partial charge in [0, 0.05) is 29.4 Å². The van der Waals surface area contributed by atoms with Gasteiger partial charge in [0.2, 0.25) is 0 Å². The van der Waals surface area contributed by atoms with Gasteiger partial charge in [-0.15, -0.1) is 0 Å². The Hall–Kier alpha value is -3.51. The number of urea groups is 1. The summed E-state index contributed by atoms with van der Waals surface area (Å²) in [6, 6.07) is 19.9. The number of nitrogens with one attached hydrogen (secondary N) is 3. The number of carbonyl (C=O) groups excluding carboxylic acids is 2. The van der Waals surface area contributed by atoms with Crippen molar-refractivity contribution in [1.82, 2.24) is 5.32 Å². The number of fused-ring (bicyclic) bond motifs is 1. The number of amides is 3. The van der Waals surface area contributed by atoms with E-state index in [4.69, 9.17) is 16.3 Å². The first kappa shape index (κ1) is 20.8. The SMILES string of the molecule is Cc1cccc(NC(=O)Nc2cccc(CNC(=O)C3Cc4cc(Cl)ccc4O3)c2)c1. The molecule has 3 amide bonds. The third-order valence-corrected chi connectivity index (χ3v) is 5.15. The van der Waals surface area contributed by atoms with Crippen molar-refractivity contribution in [2.24, 2.45) is 0 Å². The predicted octanol–water partition coefficient (Wildman–Crippen LogP) is 4.91. The highest BCUT2D eigenvalue weighted by atomic mass is 35.5. The molecule has 3 N–H and O–H groups in total. The van der Waals surface area contributed by atoms with Gasteiger partial charge in [-0.25, -0.2) is 4.79 Å². The van der Waals surface area contributed by atoms with Crippen LogP contribution in [0.3, 0.4) is 0 Å². The molecular formula is C24H22ClN3O3. The lowest BCUT2D eigenvalue weighted by Gasteiger charge is -2.12. The van der Waals surface area contributed by atoms with Crippen LogP contribution < -0.4 is 20.7 Å². The number of hydrogen-bond donors (Lipinski definition) is 3. The summed E-state index contributed by atoms with van der Waals surface area (Å²) in [5.74, 6) is 0.498. The second-order valence-corrected chi connectivity index (χ2v) is 7.87. The first-order valence-electron chi connectivity index (χ1n) is 9.93. The summed E-state index contributed by atoms with van der Waals surface area (Å²) in [6.45, 7) is 2.29. The first-order chi connectivity index (χ1) is 15.0. The normalized spacial score (nSPS) is 14.3. The molecule has 3 aromatic carbocycles. The molecule has 1 aliphatic heterocycles. The molecule has 0 radical (unpaired) electrons. The zero-order valence-electron chi connectivity index (χ0n) is 16.9. The van der Waals surface area contributed by atoms with E-state index in [1.165, 1.54) is 0 Å². The molecular weight excluding hydrogens is 414 g/mol. The van der Waals surface area contributed by atoms with Crippen molar-refractivity contribution >= 4 is 34.9 Å². The standard InChI is InChI=1S/C24H22ClN3O3/c1-15-4-2-6-19(10-15)27-24(30)28-20-7-3-5-16(11-20)14-26-23(29)22-13-17-12-18(25)8-9-21(17)31-22/h2-12,22H,13-14H2,1H3,(H,26,29)(H2,27,28,30). The summed E-state index contributed by atoms with van der Waals surface area (Å²) < 4.78 is 5.72. The quantitative estimate of drug-likeness (QED) is 0.532. The van der Waals surface area contributed by atoms with Crippen LogP contribution in [0.2, 0.25) is 5.02 Å². The van der Waals surface area contributed by atoms with Crippen LogP contribution in [0.25, 0.3) is 0 Å². The number of benzene rings is 3. The van der Waals surface area contributed by atoms with E-state index in [-0.39, 0.29) is 11.9 Å². The fraction of sp³-hybridized carbons (Fsp3) is 0.167. The Morgan fingerprint density at radius 2 is 1.74 bits per heavy atom. The second kappa shape index (κ2) is 9.10. The van der Waals surface area contributed by atoms with E-state index in [2.05, 4.69) is 16.0 Å². The molecule has 1 atom stereocenters. The van der Waals surface area contributed by atoms with Crippen LogP contribution in [0.5, 0.6) is 5.75 Å². The zero-order chi connectivity index (χ0) is 21.8. The number of rotatable bonds is 5. The molecule has 0 bridgehead atoms. The Morgan fingerprint density at radius 1 is 1.00 bits per heavy atom. The molecule has 31 heavy (non-hydrogen) atoms.